The molecule has 13 rings (SSSR count). The molecule has 0 unspecified atom stereocenters. The summed E-state index contributed by atoms with van der Waals surface area (Å²) in [6.45, 7) is 0. The highest BCUT2D eigenvalue weighted by atomic mass is 19.1. The Morgan fingerprint density at radius 2 is 0.681 bits per heavy atom. The topological polar surface area (TPSA) is 13.1 Å². The van der Waals surface area contributed by atoms with Gasteiger partial charge in [-0.05, 0) is 184 Å². The van der Waals surface area contributed by atoms with E-state index >= 15 is 0 Å². The zero-order valence-corrected chi connectivity index (χ0v) is 37.3. The minimum Gasteiger partial charge on any atom is -0.310 e. The van der Waals surface area contributed by atoms with Crippen molar-refractivity contribution < 1.29 is 8.78 Å². The largest absolute Gasteiger partial charge is 0.310 e. The van der Waals surface area contributed by atoms with Gasteiger partial charge in [0.2, 0.25) is 0 Å². The zero-order valence-electron chi connectivity index (χ0n) is 37.3. The lowest BCUT2D eigenvalue weighted by Crippen LogP contribution is -2.09. The number of fused-ring (bicyclic) bond motifs is 7. The molecule has 0 N–H and O–H groups in total. The molecule has 0 aliphatic rings. The molecule has 0 atom stereocenters. The van der Waals surface area contributed by atoms with Crippen LogP contribution in [0.4, 0.5) is 25.8 Å². The van der Waals surface area contributed by atoms with Crippen LogP contribution in [0.15, 0.2) is 249 Å². The maximum atomic E-state index is 14.2. The van der Waals surface area contributed by atoms with Crippen LogP contribution in [-0.4, -0.2) is 9.13 Å². The third-order valence-electron chi connectivity index (χ3n) is 13.6. The molecule has 0 spiro atoms. The second kappa shape index (κ2) is 16.4. The molecule has 69 heavy (non-hydrogen) atoms. The molecule has 2 heterocycles. The van der Waals surface area contributed by atoms with Gasteiger partial charge in [0, 0.05) is 50.0 Å². The van der Waals surface area contributed by atoms with Crippen molar-refractivity contribution in [2.45, 2.75) is 0 Å². The van der Waals surface area contributed by atoms with E-state index < -0.39 is 0 Å². The average Bonchev–Trinajstić information content (AvgIpc) is 3.92. The molecule has 0 saturated heterocycles. The van der Waals surface area contributed by atoms with Gasteiger partial charge in [0.05, 0.1) is 22.1 Å². The SMILES string of the molecule is Fc1ccc(-n2c3ccccc3c3cc(-c4cc(-c5ccc(N(c6ccccc6)c6ccc7ccccc7c6)cc5)cc(-c5ccc6c(c5)c5ccccc5n6-c5ccc(F)cc5)c4)ccc32)cc1. The number of rotatable bonds is 8. The summed E-state index contributed by atoms with van der Waals surface area (Å²) in [5.74, 6) is -0.522. The van der Waals surface area contributed by atoms with Crippen molar-refractivity contribution in [2.75, 3.05) is 4.90 Å². The first-order chi connectivity index (χ1) is 34.0. The van der Waals surface area contributed by atoms with Gasteiger partial charge >= 0.3 is 0 Å². The predicted molar refractivity (Wildman–Crippen MR) is 284 cm³/mol. The van der Waals surface area contributed by atoms with E-state index in [1.54, 1.807) is 0 Å². The van der Waals surface area contributed by atoms with E-state index in [0.29, 0.717) is 0 Å². The van der Waals surface area contributed by atoms with E-state index in [2.05, 4.69) is 214 Å². The predicted octanol–water partition coefficient (Wildman–Crippen LogP) is 17.8. The number of para-hydroxylation sites is 3. The number of benzene rings is 11. The second-order valence-electron chi connectivity index (χ2n) is 17.7. The Hall–Kier alpha value is -9.06. The van der Waals surface area contributed by atoms with Crippen LogP contribution in [0.1, 0.15) is 0 Å². The molecular weight excluding hydrogens is 849 g/mol. The van der Waals surface area contributed by atoms with Crippen molar-refractivity contribution in [2.24, 2.45) is 0 Å². The molecular formula is C64H41F2N3. The molecule has 3 nitrogen and oxygen atoms in total. The lowest BCUT2D eigenvalue weighted by atomic mass is 9.92. The molecule has 5 heteroatoms. The van der Waals surface area contributed by atoms with Crippen LogP contribution in [0.25, 0.3) is 99.1 Å². The van der Waals surface area contributed by atoms with Crippen molar-refractivity contribution in [1.82, 2.24) is 9.13 Å². The molecule has 0 bridgehead atoms. The highest BCUT2D eigenvalue weighted by molar-refractivity contribution is 6.12. The van der Waals surface area contributed by atoms with Gasteiger partial charge in [0.1, 0.15) is 11.6 Å². The van der Waals surface area contributed by atoms with Crippen molar-refractivity contribution in [3.63, 3.8) is 0 Å². The Bertz CT molecular complexity index is 3890. The summed E-state index contributed by atoms with van der Waals surface area (Å²) in [6, 6.07) is 85.1. The first kappa shape index (κ1) is 40.2. The van der Waals surface area contributed by atoms with Gasteiger partial charge in [-0.2, -0.15) is 0 Å². The lowest BCUT2D eigenvalue weighted by Gasteiger charge is -2.26. The molecule has 0 radical (unpaired) electrons. The molecule has 11 aromatic carbocycles. The van der Waals surface area contributed by atoms with E-state index in [4.69, 9.17) is 0 Å². The Morgan fingerprint density at radius 1 is 0.261 bits per heavy atom. The van der Waals surface area contributed by atoms with Gasteiger partial charge in [-0.15, -0.1) is 0 Å². The van der Waals surface area contributed by atoms with Gasteiger partial charge in [0.15, 0.2) is 0 Å². The Labute approximate surface area is 397 Å². The number of anilines is 3. The van der Waals surface area contributed by atoms with Crippen LogP contribution < -0.4 is 4.90 Å². The number of halogens is 2. The fraction of sp³-hybridized carbons (Fsp3) is 0. The van der Waals surface area contributed by atoms with Crippen molar-refractivity contribution >= 4 is 71.4 Å². The number of aromatic nitrogens is 2. The van der Waals surface area contributed by atoms with Gasteiger partial charge in [0.25, 0.3) is 0 Å². The van der Waals surface area contributed by atoms with Crippen molar-refractivity contribution in [1.29, 1.82) is 0 Å². The molecule has 0 aliphatic heterocycles. The van der Waals surface area contributed by atoms with Crippen LogP contribution in [0.2, 0.25) is 0 Å². The van der Waals surface area contributed by atoms with Gasteiger partial charge in [-0.1, -0.05) is 109 Å². The molecule has 0 fully saturated rings. The summed E-state index contributed by atoms with van der Waals surface area (Å²) in [5, 5.41) is 6.89. The van der Waals surface area contributed by atoms with Crippen LogP contribution in [0.5, 0.6) is 0 Å². The quantitative estimate of drug-likeness (QED) is 0.148. The Balaban J connectivity index is 0.979. The normalized spacial score (nSPS) is 11.6. The summed E-state index contributed by atoms with van der Waals surface area (Å²) < 4.78 is 32.7. The van der Waals surface area contributed by atoms with E-state index in [9.17, 15) is 8.78 Å². The molecule has 326 valence electrons. The monoisotopic (exact) mass is 889 g/mol. The third kappa shape index (κ3) is 7.02. The minimum absolute atomic E-state index is 0.261. The average molecular weight is 890 g/mol. The molecule has 0 aliphatic carbocycles. The lowest BCUT2D eigenvalue weighted by molar-refractivity contribution is 0.627. The fourth-order valence-electron chi connectivity index (χ4n) is 10.3. The van der Waals surface area contributed by atoms with E-state index in [0.717, 1.165) is 105 Å². The second-order valence-corrected chi connectivity index (χ2v) is 17.7. The summed E-state index contributed by atoms with van der Waals surface area (Å²) in [4.78, 5) is 2.31. The zero-order chi connectivity index (χ0) is 46.0. The van der Waals surface area contributed by atoms with E-state index in [-0.39, 0.29) is 11.6 Å². The highest BCUT2D eigenvalue weighted by Gasteiger charge is 2.18. The number of nitrogens with zero attached hydrogens (tertiary/aromatic N) is 3. The fourth-order valence-corrected chi connectivity index (χ4v) is 10.3. The summed E-state index contributed by atoms with van der Waals surface area (Å²) >= 11 is 0. The Kier molecular flexibility index (Phi) is 9.55. The summed E-state index contributed by atoms with van der Waals surface area (Å²) in [6.07, 6.45) is 0. The maximum Gasteiger partial charge on any atom is 0.123 e. The Morgan fingerprint density at radius 3 is 1.23 bits per heavy atom. The number of hydrogen-bond donors (Lipinski definition) is 0. The standard InChI is InChI=1S/C64H41F2N3/c65-50-23-30-54(31-24-50)68-61-16-8-6-14-57(61)59-40-45(21-34-63(59)68)48-36-47(43-18-27-53(28-19-43)67(52-12-2-1-3-13-52)56-29-20-42-10-4-5-11-44(42)39-56)37-49(38-48)46-22-35-64-60(41-46)58-15-7-9-17-62(58)69(64)55-32-25-51(66)26-33-55/h1-41H. The van der Waals surface area contributed by atoms with Crippen LogP contribution in [0.3, 0.4) is 0 Å². The first-order valence-corrected chi connectivity index (χ1v) is 23.2. The molecule has 0 amide bonds. The van der Waals surface area contributed by atoms with Crippen LogP contribution >= 0.6 is 0 Å². The summed E-state index contributed by atoms with van der Waals surface area (Å²) in [5.41, 5.74) is 15.8. The highest BCUT2D eigenvalue weighted by Crippen LogP contribution is 2.42. The first-order valence-electron chi connectivity index (χ1n) is 23.2. The van der Waals surface area contributed by atoms with Gasteiger partial charge in [-0.25, -0.2) is 8.78 Å². The van der Waals surface area contributed by atoms with Gasteiger partial charge in [-0.3, -0.25) is 0 Å². The maximum absolute atomic E-state index is 14.2. The molecule has 2 aromatic heterocycles. The smallest absolute Gasteiger partial charge is 0.123 e. The van der Waals surface area contributed by atoms with Gasteiger partial charge < -0.3 is 14.0 Å². The van der Waals surface area contributed by atoms with E-state index in [1.807, 2.05) is 24.3 Å². The molecule has 0 saturated carbocycles. The number of hydrogen-bond acceptors (Lipinski definition) is 1. The van der Waals surface area contributed by atoms with Crippen LogP contribution in [0, 0.1) is 11.6 Å². The van der Waals surface area contributed by atoms with Crippen molar-refractivity contribution in [3.05, 3.63) is 260 Å². The summed E-state index contributed by atoms with van der Waals surface area (Å²) in [7, 11) is 0. The van der Waals surface area contributed by atoms with Crippen molar-refractivity contribution in [3.8, 4) is 44.8 Å². The minimum atomic E-state index is -0.261. The van der Waals surface area contributed by atoms with E-state index in [1.165, 1.54) is 35.0 Å². The third-order valence-corrected chi connectivity index (χ3v) is 13.6. The van der Waals surface area contributed by atoms with Crippen LogP contribution in [-0.2, 0) is 0 Å². The molecule has 13 aromatic rings.